The van der Waals surface area contributed by atoms with Crippen LogP contribution in [0.3, 0.4) is 0 Å². The van der Waals surface area contributed by atoms with Gasteiger partial charge in [-0.1, -0.05) is 25.1 Å². The molecule has 0 amide bonds. The van der Waals surface area contributed by atoms with Gasteiger partial charge >= 0.3 is 0 Å². The quantitative estimate of drug-likeness (QED) is 0.765. The van der Waals surface area contributed by atoms with E-state index in [1.165, 1.54) is 5.56 Å². The van der Waals surface area contributed by atoms with Crippen molar-refractivity contribution in [1.82, 2.24) is 0 Å². The first-order valence-electron chi connectivity index (χ1n) is 7.16. The highest BCUT2D eigenvalue weighted by molar-refractivity contribution is 6.03. The molecule has 0 N–H and O–H groups in total. The monoisotopic (exact) mass is 260 g/mol. The molecule has 0 atom stereocenters. The summed E-state index contributed by atoms with van der Waals surface area (Å²) in [5.41, 5.74) is 2.49. The summed E-state index contributed by atoms with van der Waals surface area (Å²) in [4.78, 5) is 12.9. The Morgan fingerprint density at radius 1 is 1.26 bits per heavy atom. The highest BCUT2D eigenvalue weighted by atomic mass is 16.5. The number of ether oxygens (including phenoxy) is 1. The van der Waals surface area contributed by atoms with Crippen LogP contribution in [-0.4, -0.2) is 18.5 Å². The number of aryl methyl sites for hydroxylation is 1. The van der Waals surface area contributed by atoms with Gasteiger partial charge in [0.25, 0.3) is 0 Å². The summed E-state index contributed by atoms with van der Waals surface area (Å²) in [6.45, 7) is 6.33. The van der Waals surface area contributed by atoms with Crippen LogP contribution < -0.4 is 0 Å². The molecular weight excluding hydrogens is 236 g/mol. The van der Waals surface area contributed by atoms with E-state index in [4.69, 9.17) is 4.74 Å². The Kier molecular flexibility index (Phi) is 4.10. The summed E-state index contributed by atoms with van der Waals surface area (Å²) in [6, 6.07) is 5.95. The lowest BCUT2D eigenvalue weighted by atomic mass is 9.75. The topological polar surface area (TPSA) is 26.3 Å². The second-order valence-electron chi connectivity index (χ2n) is 5.96. The minimum absolute atomic E-state index is 0.170. The molecule has 1 saturated carbocycles. The Morgan fingerprint density at radius 2 is 1.89 bits per heavy atom. The fourth-order valence-electron chi connectivity index (χ4n) is 2.99. The van der Waals surface area contributed by atoms with Gasteiger partial charge in [-0.2, -0.15) is 0 Å². The maximum atomic E-state index is 12.9. The van der Waals surface area contributed by atoms with E-state index in [1.807, 2.05) is 19.1 Å². The number of hydrogen-bond donors (Lipinski definition) is 0. The minimum atomic E-state index is -0.592. The average molecular weight is 260 g/mol. The maximum Gasteiger partial charge on any atom is 0.194 e. The molecule has 0 unspecified atom stereocenters. The number of Topliss-reactive ketones (excluding diaryl/α,β-unsaturated/α-hetero) is 1. The van der Waals surface area contributed by atoms with E-state index in [1.54, 1.807) is 7.11 Å². The van der Waals surface area contributed by atoms with E-state index < -0.39 is 5.60 Å². The normalized spacial score (nSPS) is 27.3. The van der Waals surface area contributed by atoms with Gasteiger partial charge in [-0.3, -0.25) is 4.79 Å². The average Bonchev–Trinajstić information content (AvgIpc) is 2.42. The SMILES string of the molecule is COC1(C(=O)c2cccc(C)c2C)CCC(C)CC1. The maximum absolute atomic E-state index is 12.9. The summed E-state index contributed by atoms with van der Waals surface area (Å²) in [6.07, 6.45) is 3.84. The van der Waals surface area contributed by atoms with Crippen LogP contribution in [0.2, 0.25) is 0 Å². The first kappa shape index (κ1) is 14.3. The summed E-state index contributed by atoms with van der Waals surface area (Å²) >= 11 is 0. The van der Waals surface area contributed by atoms with Crippen LogP contribution in [-0.2, 0) is 4.74 Å². The Labute approximate surface area is 116 Å². The van der Waals surface area contributed by atoms with Crippen LogP contribution in [0.4, 0.5) is 0 Å². The van der Waals surface area contributed by atoms with Crippen molar-refractivity contribution in [3.63, 3.8) is 0 Å². The van der Waals surface area contributed by atoms with Gasteiger partial charge in [0.05, 0.1) is 0 Å². The standard InChI is InChI=1S/C17H24O2/c1-12-8-10-17(19-4,11-9-12)16(18)15-7-5-6-13(2)14(15)3/h5-7,12H,8-11H2,1-4H3. The zero-order chi connectivity index (χ0) is 14.0. The van der Waals surface area contributed by atoms with E-state index in [2.05, 4.69) is 19.9 Å². The molecule has 0 radical (unpaired) electrons. The second kappa shape index (κ2) is 5.46. The lowest BCUT2D eigenvalue weighted by molar-refractivity contribution is -0.0263. The van der Waals surface area contributed by atoms with Crippen LogP contribution in [0.1, 0.15) is 54.1 Å². The van der Waals surface area contributed by atoms with Crippen molar-refractivity contribution in [1.29, 1.82) is 0 Å². The summed E-state index contributed by atoms with van der Waals surface area (Å²) in [5.74, 6) is 0.873. The predicted molar refractivity (Wildman–Crippen MR) is 77.6 cm³/mol. The van der Waals surface area contributed by atoms with Crippen molar-refractivity contribution in [3.8, 4) is 0 Å². The first-order chi connectivity index (χ1) is 9.00. The van der Waals surface area contributed by atoms with Gasteiger partial charge in [-0.15, -0.1) is 0 Å². The molecule has 19 heavy (non-hydrogen) atoms. The van der Waals surface area contributed by atoms with E-state index in [0.717, 1.165) is 36.8 Å². The van der Waals surface area contributed by atoms with E-state index in [-0.39, 0.29) is 5.78 Å². The zero-order valence-electron chi connectivity index (χ0n) is 12.5. The van der Waals surface area contributed by atoms with Crippen molar-refractivity contribution in [3.05, 3.63) is 34.9 Å². The number of ketones is 1. The van der Waals surface area contributed by atoms with Crippen LogP contribution >= 0.6 is 0 Å². The van der Waals surface area contributed by atoms with Crippen molar-refractivity contribution < 1.29 is 9.53 Å². The van der Waals surface area contributed by atoms with Gasteiger partial charge in [-0.05, 0) is 56.6 Å². The summed E-state index contributed by atoms with van der Waals surface area (Å²) < 4.78 is 5.69. The van der Waals surface area contributed by atoms with Crippen molar-refractivity contribution >= 4 is 5.78 Å². The van der Waals surface area contributed by atoms with Gasteiger partial charge in [-0.25, -0.2) is 0 Å². The molecule has 1 aromatic carbocycles. The molecule has 1 aliphatic rings. The van der Waals surface area contributed by atoms with Crippen LogP contribution in [0, 0.1) is 19.8 Å². The Balaban J connectivity index is 2.33. The summed E-state index contributed by atoms with van der Waals surface area (Å²) in [5, 5.41) is 0. The third-order valence-corrected chi connectivity index (χ3v) is 4.74. The van der Waals surface area contributed by atoms with Crippen LogP contribution in [0.15, 0.2) is 18.2 Å². The van der Waals surface area contributed by atoms with E-state index >= 15 is 0 Å². The Morgan fingerprint density at radius 3 is 2.47 bits per heavy atom. The molecule has 1 aromatic rings. The lowest BCUT2D eigenvalue weighted by Gasteiger charge is -2.37. The second-order valence-corrected chi connectivity index (χ2v) is 5.96. The molecular formula is C17H24O2. The van der Waals surface area contributed by atoms with Crippen LogP contribution in [0.25, 0.3) is 0 Å². The van der Waals surface area contributed by atoms with Gasteiger partial charge in [0, 0.05) is 12.7 Å². The molecule has 2 rings (SSSR count). The zero-order valence-corrected chi connectivity index (χ0v) is 12.5. The molecule has 0 aromatic heterocycles. The molecule has 0 aliphatic heterocycles. The number of carbonyl (C=O) groups is 1. The van der Waals surface area contributed by atoms with E-state index in [0.29, 0.717) is 5.92 Å². The number of hydrogen-bond acceptors (Lipinski definition) is 2. The number of rotatable bonds is 3. The fraction of sp³-hybridized carbons (Fsp3) is 0.588. The molecule has 1 aliphatic carbocycles. The van der Waals surface area contributed by atoms with Gasteiger partial charge < -0.3 is 4.74 Å². The Hall–Kier alpha value is -1.15. The van der Waals surface area contributed by atoms with E-state index in [9.17, 15) is 4.79 Å². The lowest BCUT2D eigenvalue weighted by Crippen LogP contribution is -2.44. The molecule has 0 heterocycles. The van der Waals surface area contributed by atoms with Gasteiger partial charge in [0.15, 0.2) is 5.78 Å². The fourth-order valence-corrected chi connectivity index (χ4v) is 2.99. The molecule has 2 heteroatoms. The molecule has 2 nitrogen and oxygen atoms in total. The summed E-state index contributed by atoms with van der Waals surface area (Å²) in [7, 11) is 1.68. The van der Waals surface area contributed by atoms with Crippen molar-refractivity contribution in [2.45, 2.75) is 52.1 Å². The number of methoxy groups -OCH3 is 1. The largest absolute Gasteiger partial charge is 0.370 e. The van der Waals surface area contributed by atoms with Crippen molar-refractivity contribution in [2.75, 3.05) is 7.11 Å². The number of benzene rings is 1. The number of carbonyl (C=O) groups excluding carboxylic acids is 1. The molecule has 104 valence electrons. The molecule has 1 fully saturated rings. The molecule has 0 saturated heterocycles. The third-order valence-electron chi connectivity index (χ3n) is 4.74. The predicted octanol–water partition coefficient (Wildman–Crippen LogP) is 4.08. The Bertz CT molecular complexity index is 468. The highest BCUT2D eigenvalue weighted by Crippen LogP contribution is 2.37. The highest BCUT2D eigenvalue weighted by Gasteiger charge is 2.41. The minimum Gasteiger partial charge on any atom is -0.370 e. The molecule has 0 spiro atoms. The first-order valence-corrected chi connectivity index (χ1v) is 7.16. The van der Waals surface area contributed by atoms with Crippen molar-refractivity contribution in [2.24, 2.45) is 5.92 Å². The third kappa shape index (κ3) is 2.59. The van der Waals surface area contributed by atoms with Gasteiger partial charge in [0.1, 0.15) is 5.60 Å². The smallest absolute Gasteiger partial charge is 0.194 e. The molecule has 0 bridgehead atoms. The van der Waals surface area contributed by atoms with Gasteiger partial charge in [0.2, 0.25) is 0 Å². The van der Waals surface area contributed by atoms with Crippen LogP contribution in [0.5, 0.6) is 0 Å².